The van der Waals surface area contributed by atoms with E-state index in [9.17, 15) is 27.6 Å². The Hall–Kier alpha value is -2.17. The maximum atomic E-state index is 12.0. The molecular formula is C10H10F3N3O4S. The number of rotatable bonds is 5. The third-order valence-corrected chi connectivity index (χ3v) is 2.97. The number of aliphatic carboxylic acids is 1. The molecule has 0 fully saturated rings. The summed E-state index contributed by atoms with van der Waals surface area (Å²) >= 11 is 0.657. The van der Waals surface area contributed by atoms with Gasteiger partial charge in [-0.1, -0.05) is 0 Å². The molecule has 0 saturated heterocycles. The minimum atomic E-state index is -5.05. The number of anilines is 1. The molecule has 0 radical (unpaired) electrons. The number of carboxylic acid groups (broad SMARTS) is 1. The van der Waals surface area contributed by atoms with Crippen LogP contribution in [-0.4, -0.2) is 52.5 Å². The lowest BCUT2D eigenvalue weighted by Crippen LogP contribution is -2.30. The zero-order chi connectivity index (χ0) is 16.2. The highest BCUT2D eigenvalue weighted by Crippen LogP contribution is 2.21. The Kier molecular flexibility index (Phi) is 5.24. The van der Waals surface area contributed by atoms with E-state index in [4.69, 9.17) is 5.11 Å². The summed E-state index contributed by atoms with van der Waals surface area (Å²) in [5, 5.41) is 10.8. The fourth-order valence-electron chi connectivity index (χ4n) is 1.16. The topological polar surface area (TPSA) is 99.6 Å². The van der Waals surface area contributed by atoms with Crippen molar-refractivity contribution in [3.8, 4) is 0 Å². The van der Waals surface area contributed by atoms with Gasteiger partial charge < -0.3 is 10.0 Å². The van der Waals surface area contributed by atoms with Gasteiger partial charge in [0.2, 0.25) is 0 Å². The van der Waals surface area contributed by atoms with Crippen molar-refractivity contribution >= 4 is 34.3 Å². The molecule has 0 aromatic carbocycles. The molecule has 0 aliphatic rings. The SMILES string of the molecule is CN(CCC(=O)O)C(=O)c1csc(NC(=O)C(F)(F)F)n1. The van der Waals surface area contributed by atoms with Gasteiger partial charge in [0, 0.05) is 19.0 Å². The van der Waals surface area contributed by atoms with Gasteiger partial charge in [-0.05, 0) is 0 Å². The van der Waals surface area contributed by atoms with Crippen LogP contribution in [0.3, 0.4) is 0 Å². The van der Waals surface area contributed by atoms with Crippen molar-refractivity contribution in [2.75, 3.05) is 18.9 Å². The predicted octanol–water partition coefficient (Wildman–Crippen LogP) is 1.19. The molecule has 116 valence electrons. The molecule has 1 aromatic heterocycles. The van der Waals surface area contributed by atoms with Gasteiger partial charge in [-0.15, -0.1) is 11.3 Å². The monoisotopic (exact) mass is 325 g/mol. The van der Waals surface area contributed by atoms with Crippen LogP contribution in [0.15, 0.2) is 5.38 Å². The molecule has 21 heavy (non-hydrogen) atoms. The second-order valence-corrected chi connectivity index (χ2v) is 4.72. The summed E-state index contributed by atoms with van der Waals surface area (Å²) in [5.41, 5.74) is -0.176. The maximum Gasteiger partial charge on any atom is 0.471 e. The smallest absolute Gasteiger partial charge is 0.471 e. The summed E-state index contributed by atoms with van der Waals surface area (Å²) in [7, 11) is 1.33. The third-order valence-electron chi connectivity index (χ3n) is 2.21. The average molecular weight is 325 g/mol. The first-order valence-corrected chi connectivity index (χ1v) is 6.30. The van der Waals surface area contributed by atoms with Gasteiger partial charge in [-0.2, -0.15) is 13.2 Å². The molecule has 1 aromatic rings. The first-order chi connectivity index (χ1) is 9.61. The van der Waals surface area contributed by atoms with Crippen molar-refractivity contribution in [1.82, 2.24) is 9.88 Å². The molecule has 0 unspecified atom stereocenters. The lowest BCUT2D eigenvalue weighted by molar-refractivity contribution is -0.167. The molecule has 2 N–H and O–H groups in total. The fraction of sp³-hybridized carbons (Fsp3) is 0.400. The number of amides is 2. The van der Waals surface area contributed by atoms with Crippen molar-refractivity contribution < 1.29 is 32.7 Å². The van der Waals surface area contributed by atoms with Gasteiger partial charge in [0.25, 0.3) is 5.91 Å². The largest absolute Gasteiger partial charge is 0.481 e. The molecule has 0 spiro atoms. The number of nitrogens with zero attached hydrogens (tertiary/aromatic N) is 2. The number of carbonyl (C=O) groups is 3. The van der Waals surface area contributed by atoms with E-state index in [1.54, 1.807) is 0 Å². The van der Waals surface area contributed by atoms with E-state index in [0.29, 0.717) is 11.3 Å². The highest BCUT2D eigenvalue weighted by atomic mass is 32.1. The van der Waals surface area contributed by atoms with Gasteiger partial charge in [-0.3, -0.25) is 19.7 Å². The molecule has 0 bridgehead atoms. The lowest BCUT2D eigenvalue weighted by Gasteiger charge is -2.14. The summed E-state index contributed by atoms with van der Waals surface area (Å²) in [6.45, 7) is -0.0735. The first-order valence-electron chi connectivity index (χ1n) is 5.42. The van der Waals surface area contributed by atoms with E-state index in [-0.39, 0.29) is 23.8 Å². The van der Waals surface area contributed by atoms with Gasteiger partial charge >= 0.3 is 18.1 Å². The summed E-state index contributed by atoms with van der Waals surface area (Å²) < 4.78 is 36.1. The number of aromatic nitrogens is 1. The molecule has 2 amide bonds. The zero-order valence-corrected chi connectivity index (χ0v) is 11.4. The first kappa shape index (κ1) is 16.9. The molecule has 7 nitrogen and oxygen atoms in total. The van der Waals surface area contributed by atoms with E-state index >= 15 is 0 Å². The van der Waals surface area contributed by atoms with Crippen LogP contribution in [0.1, 0.15) is 16.9 Å². The van der Waals surface area contributed by atoms with E-state index in [2.05, 4.69) is 4.98 Å². The van der Waals surface area contributed by atoms with Crippen molar-refractivity contribution in [2.24, 2.45) is 0 Å². The Morgan fingerprint density at radius 1 is 1.43 bits per heavy atom. The normalized spacial score (nSPS) is 11.0. The van der Waals surface area contributed by atoms with Crippen molar-refractivity contribution in [1.29, 1.82) is 0 Å². The van der Waals surface area contributed by atoms with Crippen LogP contribution in [0.5, 0.6) is 0 Å². The molecule has 0 aliphatic carbocycles. The minimum Gasteiger partial charge on any atom is -0.481 e. The molecule has 1 rings (SSSR count). The van der Waals surface area contributed by atoms with E-state index < -0.39 is 24.0 Å². The number of hydrogen-bond acceptors (Lipinski definition) is 5. The Balaban J connectivity index is 2.68. The predicted molar refractivity (Wildman–Crippen MR) is 66.0 cm³/mol. The molecule has 0 atom stereocenters. The number of carboxylic acids is 1. The summed E-state index contributed by atoms with van der Waals surface area (Å²) in [4.78, 5) is 37.5. The van der Waals surface area contributed by atoms with Gasteiger partial charge in [0.05, 0.1) is 6.42 Å². The molecule has 1 heterocycles. The van der Waals surface area contributed by atoms with Crippen LogP contribution in [0.4, 0.5) is 18.3 Å². The number of alkyl halides is 3. The molecule has 11 heteroatoms. The van der Waals surface area contributed by atoms with E-state index in [1.165, 1.54) is 17.7 Å². The van der Waals surface area contributed by atoms with Crippen LogP contribution in [0, 0.1) is 0 Å². The van der Waals surface area contributed by atoms with Gasteiger partial charge in [0.15, 0.2) is 5.13 Å². The van der Waals surface area contributed by atoms with Crippen LogP contribution in [0.2, 0.25) is 0 Å². The summed E-state index contributed by atoms with van der Waals surface area (Å²) in [6.07, 6.45) is -5.32. The number of thiazole rings is 1. The Bertz CT molecular complexity index is 558. The Morgan fingerprint density at radius 2 is 2.05 bits per heavy atom. The van der Waals surface area contributed by atoms with E-state index in [1.807, 2.05) is 0 Å². The van der Waals surface area contributed by atoms with E-state index in [0.717, 1.165) is 4.90 Å². The quantitative estimate of drug-likeness (QED) is 0.847. The third kappa shape index (κ3) is 5.02. The number of carbonyl (C=O) groups excluding carboxylic acids is 2. The van der Waals surface area contributed by atoms with Gasteiger partial charge in [-0.25, -0.2) is 4.98 Å². The number of nitrogens with one attached hydrogen (secondary N) is 1. The fourth-order valence-corrected chi connectivity index (χ4v) is 1.84. The number of halogens is 3. The Labute approximate surface area is 120 Å². The lowest BCUT2D eigenvalue weighted by atomic mass is 10.3. The maximum absolute atomic E-state index is 12.0. The van der Waals surface area contributed by atoms with Crippen LogP contribution < -0.4 is 5.32 Å². The van der Waals surface area contributed by atoms with Crippen LogP contribution >= 0.6 is 11.3 Å². The summed E-state index contributed by atoms with van der Waals surface area (Å²) in [5.74, 6) is -3.93. The minimum absolute atomic E-state index is 0.0735. The molecular weight excluding hydrogens is 315 g/mol. The molecule has 0 aliphatic heterocycles. The van der Waals surface area contributed by atoms with Gasteiger partial charge in [0.1, 0.15) is 5.69 Å². The van der Waals surface area contributed by atoms with Crippen LogP contribution in [0.25, 0.3) is 0 Å². The molecule has 0 saturated carbocycles. The zero-order valence-electron chi connectivity index (χ0n) is 10.6. The summed E-state index contributed by atoms with van der Waals surface area (Å²) in [6, 6.07) is 0. The highest BCUT2D eigenvalue weighted by Gasteiger charge is 2.39. The van der Waals surface area contributed by atoms with Crippen molar-refractivity contribution in [3.63, 3.8) is 0 Å². The highest BCUT2D eigenvalue weighted by molar-refractivity contribution is 7.14. The standard InChI is InChI=1S/C10H10F3N3O4S/c1-16(3-2-6(17)18)7(19)5-4-21-9(14-5)15-8(20)10(11,12)13/h4H,2-3H2,1H3,(H,17,18)(H,14,15,20). The van der Waals surface area contributed by atoms with Crippen molar-refractivity contribution in [2.45, 2.75) is 12.6 Å². The van der Waals surface area contributed by atoms with Crippen molar-refractivity contribution in [3.05, 3.63) is 11.1 Å². The van der Waals surface area contributed by atoms with Crippen LogP contribution in [-0.2, 0) is 9.59 Å². The number of hydrogen-bond donors (Lipinski definition) is 2. The Morgan fingerprint density at radius 3 is 2.57 bits per heavy atom. The second-order valence-electron chi connectivity index (χ2n) is 3.86. The average Bonchev–Trinajstić information content (AvgIpc) is 2.82. The second kappa shape index (κ2) is 6.52.